The number of anilines is 1. The monoisotopic (exact) mass is 360 g/mol. The fourth-order valence-electron chi connectivity index (χ4n) is 2.37. The fraction of sp³-hybridized carbons (Fsp3) is 0.312. The molecule has 1 saturated heterocycles. The van der Waals surface area contributed by atoms with Crippen molar-refractivity contribution in [3.8, 4) is 11.5 Å². The number of thioether (sulfide) groups is 1. The van der Waals surface area contributed by atoms with Gasteiger partial charge in [0.2, 0.25) is 11.0 Å². The number of hydrogen-bond acceptors (Lipinski definition) is 8. The first-order valence-electron chi connectivity index (χ1n) is 7.67. The number of aromatic nitrogens is 3. The maximum Gasteiger partial charge on any atom is 0.226 e. The minimum Gasteiger partial charge on any atom is -0.444 e. The van der Waals surface area contributed by atoms with Gasteiger partial charge < -0.3 is 14.1 Å². The molecule has 1 fully saturated rings. The van der Waals surface area contributed by atoms with Gasteiger partial charge in [0.05, 0.1) is 18.9 Å². The molecule has 2 aromatic heterocycles. The van der Waals surface area contributed by atoms with Crippen molar-refractivity contribution in [1.82, 2.24) is 15.2 Å². The molecule has 8 heteroatoms. The zero-order chi connectivity index (χ0) is 16.2. The predicted octanol–water partition coefficient (Wildman–Crippen LogP) is 3.32. The van der Waals surface area contributed by atoms with Gasteiger partial charge in [0.1, 0.15) is 6.26 Å². The highest BCUT2D eigenvalue weighted by Gasteiger charge is 2.16. The van der Waals surface area contributed by atoms with Gasteiger partial charge in [0, 0.05) is 24.4 Å². The Morgan fingerprint density at radius 2 is 1.96 bits per heavy atom. The third-order valence-corrected chi connectivity index (χ3v) is 5.74. The van der Waals surface area contributed by atoms with Crippen LogP contribution < -0.4 is 4.90 Å². The van der Waals surface area contributed by atoms with Crippen molar-refractivity contribution < 1.29 is 9.15 Å². The first kappa shape index (κ1) is 15.6. The molecule has 0 saturated carbocycles. The Hall–Kier alpha value is -1.90. The second-order valence-corrected chi connectivity index (χ2v) is 7.43. The second kappa shape index (κ2) is 7.33. The summed E-state index contributed by atoms with van der Waals surface area (Å²) in [6, 6.07) is 9.90. The van der Waals surface area contributed by atoms with Crippen molar-refractivity contribution >= 4 is 28.2 Å². The molecule has 24 heavy (non-hydrogen) atoms. The average molecular weight is 360 g/mol. The molecule has 124 valence electrons. The van der Waals surface area contributed by atoms with Gasteiger partial charge in [-0.25, -0.2) is 4.98 Å². The Bertz CT molecular complexity index is 784. The summed E-state index contributed by atoms with van der Waals surface area (Å²) in [4.78, 5) is 6.75. The molecule has 1 aromatic carbocycles. The molecular weight excluding hydrogens is 344 g/mol. The van der Waals surface area contributed by atoms with Crippen LogP contribution in [0.3, 0.4) is 0 Å². The van der Waals surface area contributed by atoms with Crippen molar-refractivity contribution in [2.75, 3.05) is 31.2 Å². The van der Waals surface area contributed by atoms with Crippen LogP contribution in [0.1, 0.15) is 5.69 Å². The van der Waals surface area contributed by atoms with Gasteiger partial charge in [-0.1, -0.05) is 41.3 Å². The van der Waals surface area contributed by atoms with Crippen LogP contribution in [0.4, 0.5) is 5.13 Å². The number of oxazole rings is 1. The van der Waals surface area contributed by atoms with Crippen LogP contribution >= 0.6 is 23.1 Å². The van der Waals surface area contributed by atoms with Gasteiger partial charge in [-0.2, -0.15) is 0 Å². The van der Waals surface area contributed by atoms with Crippen LogP contribution in [0.2, 0.25) is 0 Å². The summed E-state index contributed by atoms with van der Waals surface area (Å²) in [6.07, 6.45) is 1.71. The highest BCUT2D eigenvalue weighted by atomic mass is 32.2. The molecule has 0 bridgehead atoms. The van der Waals surface area contributed by atoms with Crippen molar-refractivity contribution in [3.05, 3.63) is 42.3 Å². The molecule has 0 radical (unpaired) electrons. The Balaban J connectivity index is 1.37. The van der Waals surface area contributed by atoms with Crippen LogP contribution in [0.5, 0.6) is 0 Å². The molecule has 0 atom stereocenters. The van der Waals surface area contributed by atoms with Crippen LogP contribution in [0.15, 0.2) is 45.4 Å². The minimum absolute atomic E-state index is 0.650. The van der Waals surface area contributed by atoms with E-state index in [2.05, 4.69) is 20.1 Å². The quantitative estimate of drug-likeness (QED) is 0.647. The molecule has 0 spiro atoms. The molecule has 0 N–H and O–H groups in total. The van der Waals surface area contributed by atoms with E-state index < -0.39 is 0 Å². The van der Waals surface area contributed by atoms with Gasteiger partial charge in [-0.05, 0) is 12.1 Å². The molecule has 3 aromatic rings. The number of nitrogens with zero attached hydrogens (tertiary/aromatic N) is 4. The van der Waals surface area contributed by atoms with Crippen LogP contribution in [0.25, 0.3) is 11.5 Å². The van der Waals surface area contributed by atoms with E-state index >= 15 is 0 Å². The molecule has 6 nitrogen and oxygen atoms in total. The zero-order valence-electron chi connectivity index (χ0n) is 12.9. The highest BCUT2D eigenvalue weighted by molar-refractivity contribution is 8.00. The largest absolute Gasteiger partial charge is 0.444 e. The lowest BCUT2D eigenvalue weighted by Gasteiger charge is -2.25. The second-order valence-electron chi connectivity index (χ2n) is 5.25. The van der Waals surface area contributed by atoms with Crippen LogP contribution in [-0.2, 0) is 10.5 Å². The summed E-state index contributed by atoms with van der Waals surface area (Å²) >= 11 is 3.25. The van der Waals surface area contributed by atoms with Crippen LogP contribution in [0, 0.1) is 0 Å². The minimum atomic E-state index is 0.650. The van der Waals surface area contributed by atoms with E-state index in [0.717, 1.165) is 47.0 Å². The topological polar surface area (TPSA) is 64.3 Å². The Morgan fingerprint density at radius 3 is 2.79 bits per heavy atom. The zero-order valence-corrected chi connectivity index (χ0v) is 14.6. The number of benzene rings is 1. The SMILES string of the molecule is c1ccc(-c2nc(CSc3nnc(N4CCOCC4)s3)co2)cc1. The molecule has 0 unspecified atom stereocenters. The lowest BCUT2D eigenvalue weighted by Crippen LogP contribution is -2.36. The summed E-state index contributed by atoms with van der Waals surface area (Å²) in [5.41, 5.74) is 1.89. The smallest absolute Gasteiger partial charge is 0.226 e. The number of ether oxygens (including phenoxy) is 1. The fourth-order valence-corrected chi connectivity index (χ4v) is 4.14. The van der Waals surface area contributed by atoms with Gasteiger partial charge in [0.25, 0.3) is 0 Å². The van der Waals surface area contributed by atoms with E-state index in [4.69, 9.17) is 9.15 Å². The van der Waals surface area contributed by atoms with Crippen molar-refractivity contribution in [3.63, 3.8) is 0 Å². The van der Waals surface area contributed by atoms with E-state index in [0.29, 0.717) is 11.6 Å². The Labute approximate surface area is 147 Å². The molecule has 1 aliphatic rings. The van der Waals surface area contributed by atoms with E-state index in [9.17, 15) is 0 Å². The van der Waals surface area contributed by atoms with E-state index in [1.807, 2.05) is 30.3 Å². The van der Waals surface area contributed by atoms with E-state index in [-0.39, 0.29) is 0 Å². The number of rotatable bonds is 5. The lowest BCUT2D eigenvalue weighted by molar-refractivity contribution is 0.122. The first-order valence-corrected chi connectivity index (χ1v) is 9.47. The molecular formula is C16H16N4O2S2. The molecule has 3 heterocycles. The van der Waals surface area contributed by atoms with Crippen molar-refractivity contribution in [1.29, 1.82) is 0 Å². The summed E-state index contributed by atoms with van der Waals surface area (Å²) < 4.78 is 11.9. The summed E-state index contributed by atoms with van der Waals surface area (Å²) in [5, 5.41) is 9.50. The standard InChI is InChI=1S/C16H16N4O2S2/c1-2-4-12(5-3-1)14-17-13(10-22-14)11-23-16-19-18-15(24-16)20-6-8-21-9-7-20/h1-5,10H,6-9,11H2. The Morgan fingerprint density at radius 1 is 1.12 bits per heavy atom. The van der Waals surface area contributed by atoms with Gasteiger partial charge in [-0.3, -0.25) is 0 Å². The summed E-state index contributed by atoms with van der Waals surface area (Å²) in [7, 11) is 0. The maximum atomic E-state index is 5.56. The molecule has 0 aliphatic carbocycles. The molecule has 4 rings (SSSR count). The van der Waals surface area contributed by atoms with E-state index in [1.54, 1.807) is 29.4 Å². The summed E-state index contributed by atoms with van der Waals surface area (Å²) in [6.45, 7) is 3.26. The van der Waals surface area contributed by atoms with E-state index in [1.165, 1.54) is 0 Å². The van der Waals surface area contributed by atoms with Crippen LogP contribution in [-0.4, -0.2) is 41.5 Å². The average Bonchev–Trinajstić information content (AvgIpc) is 3.31. The predicted molar refractivity (Wildman–Crippen MR) is 94.4 cm³/mol. The van der Waals surface area contributed by atoms with Crippen molar-refractivity contribution in [2.24, 2.45) is 0 Å². The number of morpholine rings is 1. The number of hydrogen-bond donors (Lipinski definition) is 0. The van der Waals surface area contributed by atoms with Gasteiger partial charge in [-0.15, -0.1) is 10.2 Å². The third kappa shape index (κ3) is 3.61. The molecule has 0 amide bonds. The third-order valence-electron chi connectivity index (χ3n) is 3.59. The lowest BCUT2D eigenvalue weighted by atomic mass is 10.2. The van der Waals surface area contributed by atoms with Gasteiger partial charge in [0.15, 0.2) is 4.34 Å². The maximum absolute atomic E-state index is 5.56. The van der Waals surface area contributed by atoms with Gasteiger partial charge >= 0.3 is 0 Å². The molecule has 1 aliphatic heterocycles. The normalized spacial score (nSPS) is 14.9. The van der Waals surface area contributed by atoms with Crippen molar-refractivity contribution in [2.45, 2.75) is 10.1 Å². The first-order chi connectivity index (χ1) is 11.9. The summed E-state index contributed by atoms with van der Waals surface area (Å²) in [5.74, 6) is 1.37. The Kier molecular flexibility index (Phi) is 4.77. The highest BCUT2D eigenvalue weighted by Crippen LogP contribution is 2.31.